The molecule has 1 aromatic heterocycles. The molecule has 3 N–H and O–H groups in total. The number of nitrogens with two attached hydrogens (primary N) is 1. The van der Waals surface area contributed by atoms with Crippen LogP contribution in [0.5, 0.6) is 0 Å². The molecule has 0 aromatic carbocycles. The number of carbonyl (C=O) groups is 1. The van der Waals surface area contributed by atoms with E-state index in [1.54, 1.807) is 6.92 Å². The molecule has 0 aliphatic rings. The van der Waals surface area contributed by atoms with E-state index in [0.717, 1.165) is 0 Å². The first-order valence-corrected chi connectivity index (χ1v) is 4.40. The third kappa shape index (κ3) is 2.05. The smallest absolute Gasteiger partial charge is 0.328 e. The largest absolute Gasteiger partial charge is 0.480 e. The number of thiocarbonyl (C=S) groups is 1. The monoisotopic (exact) mass is 214 g/mol. The molecule has 0 spiro atoms. The van der Waals surface area contributed by atoms with Gasteiger partial charge in [-0.05, 0) is 6.42 Å². The Hall–Kier alpha value is -1.50. The van der Waals surface area contributed by atoms with Crippen LogP contribution in [0.25, 0.3) is 0 Å². The predicted octanol–water partition coefficient (Wildman–Crippen LogP) is -0.0520. The second-order valence-electron chi connectivity index (χ2n) is 2.67. The highest BCUT2D eigenvalue weighted by Gasteiger charge is 2.19. The third-order valence-electron chi connectivity index (χ3n) is 1.72. The van der Waals surface area contributed by atoms with E-state index in [-0.39, 0.29) is 10.8 Å². The van der Waals surface area contributed by atoms with Crippen LogP contribution in [0.2, 0.25) is 0 Å². The Kier molecular flexibility index (Phi) is 3.13. The van der Waals surface area contributed by atoms with Gasteiger partial charge < -0.3 is 10.8 Å². The maximum absolute atomic E-state index is 10.8. The zero-order chi connectivity index (χ0) is 10.7. The first kappa shape index (κ1) is 10.6. The molecular formula is C7H10N4O2S. The van der Waals surface area contributed by atoms with E-state index in [1.807, 2.05) is 0 Å². The minimum atomic E-state index is -0.952. The van der Waals surface area contributed by atoms with E-state index in [9.17, 15) is 4.79 Å². The van der Waals surface area contributed by atoms with Crippen molar-refractivity contribution in [2.24, 2.45) is 5.73 Å². The summed E-state index contributed by atoms with van der Waals surface area (Å²) in [5.41, 5.74) is 5.29. The van der Waals surface area contributed by atoms with Crippen molar-refractivity contribution in [1.82, 2.24) is 14.8 Å². The Labute approximate surface area is 85.7 Å². The van der Waals surface area contributed by atoms with Crippen LogP contribution in [0.3, 0.4) is 0 Å². The number of rotatable bonds is 4. The van der Waals surface area contributed by atoms with Gasteiger partial charge in [0.05, 0.1) is 0 Å². The summed E-state index contributed by atoms with van der Waals surface area (Å²) in [5, 5.41) is 12.7. The van der Waals surface area contributed by atoms with E-state index in [4.69, 9.17) is 10.8 Å². The normalized spacial score (nSPS) is 12.4. The molecule has 1 unspecified atom stereocenters. The minimum absolute atomic E-state index is 0.0593. The second-order valence-corrected chi connectivity index (χ2v) is 3.11. The van der Waals surface area contributed by atoms with Crippen LogP contribution in [0, 0.1) is 0 Å². The molecule has 0 bridgehead atoms. The summed E-state index contributed by atoms with van der Waals surface area (Å²) in [6.45, 7) is 1.75. The van der Waals surface area contributed by atoms with Gasteiger partial charge in [-0.3, -0.25) is 0 Å². The number of carboxylic acid groups (broad SMARTS) is 1. The first-order chi connectivity index (χ1) is 6.56. The lowest BCUT2D eigenvalue weighted by Crippen LogP contribution is -2.20. The van der Waals surface area contributed by atoms with E-state index in [0.29, 0.717) is 6.42 Å². The third-order valence-corrected chi connectivity index (χ3v) is 1.90. The van der Waals surface area contributed by atoms with Crippen molar-refractivity contribution in [2.75, 3.05) is 0 Å². The lowest BCUT2D eigenvalue weighted by Gasteiger charge is -2.08. The quantitative estimate of drug-likeness (QED) is 0.682. The first-order valence-electron chi connectivity index (χ1n) is 4.00. The van der Waals surface area contributed by atoms with Gasteiger partial charge in [0.25, 0.3) is 0 Å². The Bertz CT molecular complexity index is 362. The van der Waals surface area contributed by atoms with Gasteiger partial charge in [-0.2, -0.15) is 0 Å². The fourth-order valence-corrected chi connectivity index (χ4v) is 1.11. The molecule has 76 valence electrons. The summed E-state index contributed by atoms with van der Waals surface area (Å²) in [4.78, 5) is 14.6. The van der Waals surface area contributed by atoms with Crippen LogP contribution in [-0.4, -0.2) is 30.8 Å². The van der Waals surface area contributed by atoms with Gasteiger partial charge in [0.15, 0.2) is 6.04 Å². The molecule has 6 nitrogen and oxygen atoms in total. The fraction of sp³-hybridized carbons (Fsp3) is 0.429. The standard InChI is InChI=1S/C7H10N4O2S/c1-2-4(7(12)13)11-3-9-6(10-11)5(8)14/h3-4H,2H2,1H3,(H2,8,14)(H,12,13). The summed E-state index contributed by atoms with van der Waals surface area (Å²) in [6.07, 6.45) is 1.74. The van der Waals surface area contributed by atoms with Crippen molar-refractivity contribution in [3.8, 4) is 0 Å². The Morgan fingerprint density at radius 2 is 2.50 bits per heavy atom. The van der Waals surface area contributed by atoms with Crippen LogP contribution in [-0.2, 0) is 4.79 Å². The van der Waals surface area contributed by atoms with Crippen molar-refractivity contribution in [3.63, 3.8) is 0 Å². The zero-order valence-electron chi connectivity index (χ0n) is 7.54. The predicted molar refractivity (Wildman–Crippen MR) is 52.9 cm³/mol. The summed E-state index contributed by atoms with van der Waals surface area (Å²) >= 11 is 4.66. The average molecular weight is 214 g/mol. The van der Waals surface area contributed by atoms with Crippen molar-refractivity contribution < 1.29 is 9.90 Å². The SMILES string of the molecule is CCC(C(=O)O)n1cnc(C(N)=S)n1. The average Bonchev–Trinajstić information content (AvgIpc) is 2.53. The summed E-state index contributed by atoms with van der Waals surface area (Å²) in [5.74, 6) is -0.758. The Balaban J connectivity index is 2.95. The number of nitrogens with zero attached hydrogens (tertiary/aromatic N) is 3. The highest BCUT2D eigenvalue weighted by atomic mass is 32.1. The summed E-state index contributed by atoms with van der Waals surface area (Å²) < 4.78 is 1.25. The van der Waals surface area contributed by atoms with Crippen LogP contribution in [0.1, 0.15) is 25.2 Å². The lowest BCUT2D eigenvalue weighted by atomic mass is 10.2. The Morgan fingerprint density at radius 3 is 2.86 bits per heavy atom. The van der Waals surface area contributed by atoms with Crippen molar-refractivity contribution in [2.45, 2.75) is 19.4 Å². The maximum atomic E-state index is 10.8. The van der Waals surface area contributed by atoms with E-state index < -0.39 is 12.0 Å². The molecule has 0 aliphatic carbocycles. The zero-order valence-corrected chi connectivity index (χ0v) is 8.36. The number of aromatic nitrogens is 3. The molecule has 0 saturated carbocycles. The van der Waals surface area contributed by atoms with Gasteiger partial charge in [0.1, 0.15) is 11.3 Å². The molecule has 1 atom stereocenters. The minimum Gasteiger partial charge on any atom is -0.480 e. The van der Waals surface area contributed by atoms with E-state index in [2.05, 4.69) is 22.3 Å². The number of carboxylic acids is 1. The molecular weight excluding hydrogens is 204 g/mol. The second kappa shape index (κ2) is 4.14. The molecule has 0 saturated heterocycles. The van der Waals surface area contributed by atoms with E-state index in [1.165, 1.54) is 11.0 Å². The van der Waals surface area contributed by atoms with Gasteiger partial charge in [0.2, 0.25) is 5.82 Å². The van der Waals surface area contributed by atoms with Crippen molar-refractivity contribution >= 4 is 23.2 Å². The summed E-state index contributed by atoms with van der Waals surface area (Å²) in [7, 11) is 0. The molecule has 0 aliphatic heterocycles. The van der Waals surface area contributed by atoms with Gasteiger partial charge in [-0.15, -0.1) is 5.10 Å². The molecule has 0 radical (unpaired) electrons. The van der Waals surface area contributed by atoms with Crippen molar-refractivity contribution in [1.29, 1.82) is 0 Å². The highest BCUT2D eigenvalue weighted by molar-refractivity contribution is 7.80. The van der Waals surface area contributed by atoms with Crippen molar-refractivity contribution in [3.05, 3.63) is 12.2 Å². The van der Waals surface area contributed by atoms with Crippen LogP contribution < -0.4 is 5.73 Å². The van der Waals surface area contributed by atoms with Gasteiger partial charge >= 0.3 is 5.97 Å². The molecule has 7 heteroatoms. The van der Waals surface area contributed by atoms with Gasteiger partial charge in [-0.25, -0.2) is 14.5 Å². The molecule has 1 rings (SSSR count). The van der Waals surface area contributed by atoms with Crippen LogP contribution in [0.15, 0.2) is 6.33 Å². The molecule has 1 aromatic rings. The van der Waals surface area contributed by atoms with Gasteiger partial charge in [-0.1, -0.05) is 19.1 Å². The number of aliphatic carboxylic acids is 1. The molecule has 14 heavy (non-hydrogen) atoms. The molecule has 0 fully saturated rings. The summed E-state index contributed by atoms with van der Waals surface area (Å²) in [6, 6.07) is -0.717. The topological polar surface area (TPSA) is 94.0 Å². The maximum Gasteiger partial charge on any atom is 0.328 e. The fourth-order valence-electron chi connectivity index (χ4n) is 1.01. The number of hydrogen-bond acceptors (Lipinski definition) is 4. The molecule has 1 heterocycles. The Morgan fingerprint density at radius 1 is 1.86 bits per heavy atom. The van der Waals surface area contributed by atoms with Gasteiger partial charge in [0, 0.05) is 0 Å². The van der Waals surface area contributed by atoms with Crippen LogP contribution >= 0.6 is 12.2 Å². The number of hydrogen-bond donors (Lipinski definition) is 2. The molecule has 0 amide bonds. The lowest BCUT2D eigenvalue weighted by molar-refractivity contribution is -0.141. The highest BCUT2D eigenvalue weighted by Crippen LogP contribution is 2.09. The van der Waals surface area contributed by atoms with Crippen LogP contribution in [0.4, 0.5) is 0 Å². The van der Waals surface area contributed by atoms with E-state index >= 15 is 0 Å².